The van der Waals surface area contributed by atoms with E-state index in [1.165, 1.54) is 17.2 Å². The lowest BCUT2D eigenvalue weighted by molar-refractivity contribution is 0.705. The zero-order chi connectivity index (χ0) is 18.4. The highest BCUT2D eigenvalue weighted by molar-refractivity contribution is 6.03. The van der Waals surface area contributed by atoms with Crippen molar-refractivity contribution in [2.45, 2.75) is 19.3 Å². The second-order valence-corrected chi connectivity index (χ2v) is 6.55. The van der Waals surface area contributed by atoms with Gasteiger partial charge in [0.15, 0.2) is 11.2 Å². The summed E-state index contributed by atoms with van der Waals surface area (Å²) in [6.07, 6.45) is 2.99. The molecule has 134 valence electrons. The third kappa shape index (κ3) is 2.37. The van der Waals surface area contributed by atoms with Crippen molar-refractivity contribution in [3.8, 4) is 0 Å². The van der Waals surface area contributed by atoms with Gasteiger partial charge in [0.25, 0.3) is 5.56 Å². The number of nitrogens with zero attached hydrogens (tertiary/aromatic N) is 5. The molecule has 0 saturated heterocycles. The lowest BCUT2D eigenvalue weighted by Gasteiger charge is -2.17. The van der Waals surface area contributed by atoms with Crippen molar-refractivity contribution in [2.75, 3.05) is 5.43 Å². The zero-order valence-electron chi connectivity index (χ0n) is 15.0. The maximum atomic E-state index is 12.4. The molecule has 2 aromatic heterocycles. The molecule has 4 rings (SSSR count). The largest absolute Gasteiger partial charge is 0.332 e. The quantitative estimate of drug-likeness (QED) is 0.701. The third-order valence-electron chi connectivity index (χ3n) is 4.95. The van der Waals surface area contributed by atoms with Gasteiger partial charge in [-0.15, -0.1) is 0 Å². The van der Waals surface area contributed by atoms with E-state index in [1.54, 1.807) is 18.7 Å². The van der Waals surface area contributed by atoms with Crippen LogP contribution in [-0.4, -0.2) is 24.4 Å². The molecule has 0 aliphatic heterocycles. The summed E-state index contributed by atoms with van der Waals surface area (Å²) in [6.45, 7) is 0. The Morgan fingerprint density at radius 2 is 1.81 bits per heavy atom. The molecule has 0 unspecified atom stereocenters. The van der Waals surface area contributed by atoms with Gasteiger partial charge in [0.2, 0.25) is 5.95 Å². The number of nitrogens with one attached hydrogen (secondary N) is 1. The fourth-order valence-electron chi connectivity index (χ4n) is 3.45. The summed E-state index contributed by atoms with van der Waals surface area (Å²) in [4.78, 5) is 28.9. The number of benzene rings is 1. The summed E-state index contributed by atoms with van der Waals surface area (Å²) < 4.78 is 4.08. The van der Waals surface area contributed by atoms with Crippen LogP contribution in [0, 0.1) is 0 Å². The van der Waals surface area contributed by atoms with E-state index in [0.29, 0.717) is 17.1 Å². The molecule has 0 radical (unpaired) electrons. The lowest BCUT2D eigenvalue weighted by Crippen LogP contribution is -2.37. The number of hydrazone groups is 1. The predicted octanol–water partition coefficient (Wildman–Crippen LogP) is 1.12. The Morgan fingerprint density at radius 1 is 1.04 bits per heavy atom. The predicted molar refractivity (Wildman–Crippen MR) is 101 cm³/mol. The smallest absolute Gasteiger partial charge is 0.306 e. The summed E-state index contributed by atoms with van der Waals surface area (Å²) in [5.41, 5.74) is 6.32. The van der Waals surface area contributed by atoms with Gasteiger partial charge in [0, 0.05) is 26.7 Å². The molecule has 0 fully saturated rings. The van der Waals surface area contributed by atoms with E-state index in [2.05, 4.69) is 27.6 Å². The number of imidazole rings is 1. The first kappa shape index (κ1) is 16.3. The molecular weight excluding hydrogens is 332 g/mol. The van der Waals surface area contributed by atoms with Crippen molar-refractivity contribution in [1.82, 2.24) is 18.7 Å². The minimum atomic E-state index is -0.403. The number of hydrogen-bond acceptors (Lipinski definition) is 5. The molecule has 3 aromatic rings. The number of aromatic nitrogens is 4. The molecule has 8 nitrogen and oxygen atoms in total. The van der Waals surface area contributed by atoms with Gasteiger partial charge in [-0.25, -0.2) is 10.2 Å². The summed E-state index contributed by atoms with van der Waals surface area (Å²) >= 11 is 0. The van der Waals surface area contributed by atoms with Crippen LogP contribution in [-0.2, 0) is 27.6 Å². The monoisotopic (exact) mass is 352 g/mol. The first-order valence-corrected chi connectivity index (χ1v) is 8.52. The summed E-state index contributed by atoms with van der Waals surface area (Å²) in [7, 11) is 4.80. The van der Waals surface area contributed by atoms with Crippen LogP contribution in [0.25, 0.3) is 11.2 Å². The Labute approximate surface area is 149 Å². The minimum absolute atomic E-state index is 0.340. The van der Waals surface area contributed by atoms with Gasteiger partial charge in [0.1, 0.15) is 0 Å². The van der Waals surface area contributed by atoms with Crippen LogP contribution in [0.4, 0.5) is 5.95 Å². The summed E-state index contributed by atoms with van der Waals surface area (Å²) in [5.74, 6) is 0.425. The molecule has 0 saturated carbocycles. The van der Waals surface area contributed by atoms with E-state index in [9.17, 15) is 9.59 Å². The van der Waals surface area contributed by atoms with Crippen LogP contribution < -0.4 is 16.7 Å². The zero-order valence-corrected chi connectivity index (χ0v) is 15.0. The van der Waals surface area contributed by atoms with Crippen molar-refractivity contribution in [3.63, 3.8) is 0 Å². The summed E-state index contributed by atoms with van der Waals surface area (Å²) in [5, 5.41) is 4.54. The average Bonchev–Trinajstić information content (AvgIpc) is 2.99. The van der Waals surface area contributed by atoms with Crippen LogP contribution in [0.1, 0.15) is 24.0 Å². The molecule has 0 spiro atoms. The fourth-order valence-corrected chi connectivity index (χ4v) is 3.45. The van der Waals surface area contributed by atoms with Gasteiger partial charge < -0.3 is 4.57 Å². The van der Waals surface area contributed by atoms with Gasteiger partial charge in [-0.3, -0.25) is 13.9 Å². The molecule has 8 heteroatoms. The Balaban J connectivity index is 1.79. The Kier molecular flexibility index (Phi) is 3.75. The van der Waals surface area contributed by atoms with Crippen molar-refractivity contribution >= 4 is 22.8 Å². The molecule has 2 heterocycles. The van der Waals surface area contributed by atoms with E-state index in [-0.39, 0.29) is 5.56 Å². The minimum Gasteiger partial charge on any atom is -0.306 e. The molecule has 0 bridgehead atoms. The average molecular weight is 352 g/mol. The van der Waals surface area contributed by atoms with Crippen LogP contribution >= 0.6 is 0 Å². The maximum Gasteiger partial charge on any atom is 0.332 e. The van der Waals surface area contributed by atoms with Crippen molar-refractivity contribution in [1.29, 1.82) is 0 Å². The highest BCUT2D eigenvalue weighted by atomic mass is 16.2. The second-order valence-electron chi connectivity index (χ2n) is 6.55. The van der Waals surface area contributed by atoms with Crippen molar-refractivity contribution in [3.05, 3.63) is 56.2 Å². The second kappa shape index (κ2) is 5.98. The molecular formula is C18H20N6O2. The number of rotatable bonds is 2. The lowest BCUT2D eigenvalue weighted by atomic mass is 9.90. The van der Waals surface area contributed by atoms with Crippen molar-refractivity contribution in [2.24, 2.45) is 26.2 Å². The topological polar surface area (TPSA) is 86.2 Å². The number of fused-ring (bicyclic) bond motifs is 2. The van der Waals surface area contributed by atoms with Crippen LogP contribution in [0.5, 0.6) is 0 Å². The number of hydrogen-bond donors (Lipinski definition) is 1. The van der Waals surface area contributed by atoms with E-state index >= 15 is 0 Å². The molecule has 0 atom stereocenters. The Morgan fingerprint density at radius 3 is 2.62 bits per heavy atom. The molecule has 1 aliphatic rings. The molecule has 26 heavy (non-hydrogen) atoms. The van der Waals surface area contributed by atoms with Crippen LogP contribution in [0.2, 0.25) is 0 Å². The molecule has 1 aliphatic carbocycles. The standard InChI is InChI=1S/C18H20N6O2/c1-22-14-15(23(2)18(26)24(3)16(14)25)19-17(22)21-20-13-10-6-8-11-7-4-5-9-12(11)13/h4-5,7,9H,6,8,10H2,1-3H3,(H,19,21). The van der Waals surface area contributed by atoms with Crippen LogP contribution in [0.3, 0.4) is 0 Å². The first-order chi connectivity index (χ1) is 12.5. The first-order valence-electron chi connectivity index (χ1n) is 8.52. The Bertz CT molecular complexity index is 1160. The van der Waals surface area contributed by atoms with Crippen LogP contribution in [0.15, 0.2) is 39.0 Å². The van der Waals surface area contributed by atoms with Gasteiger partial charge in [-0.2, -0.15) is 10.1 Å². The van der Waals surface area contributed by atoms with Gasteiger partial charge in [-0.1, -0.05) is 24.3 Å². The number of aryl methyl sites for hydroxylation is 3. The van der Waals surface area contributed by atoms with E-state index in [1.807, 2.05) is 12.1 Å². The molecule has 1 N–H and O–H groups in total. The SMILES string of the molecule is Cn1c(=O)c2c(nc(NN=C3CCCc4ccccc43)n2C)n(C)c1=O. The van der Waals surface area contributed by atoms with Gasteiger partial charge >= 0.3 is 5.69 Å². The number of anilines is 1. The Hall–Kier alpha value is -3.16. The highest BCUT2D eigenvalue weighted by Gasteiger charge is 2.18. The van der Waals surface area contributed by atoms with Gasteiger partial charge in [0.05, 0.1) is 5.71 Å². The van der Waals surface area contributed by atoms with Gasteiger partial charge in [-0.05, 0) is 24.8 Å². The fraction of sp³-hybridized carbons (Fsp3) is 0.333. The molecule has 1 aromatic carbocycles. The van der Waals surface area contributed by atoms with E-state index < -0.39 is 5.69 Å². The third-order valence-corrected chi connectivity index (χ3v) is 4.95. The normalized spacial score (nSPS) is 15.4. The highest BCUT2D eigenvalue weighted by Crippen LogP contribution is 2.22. The summed E-state index contributed by atoms with van der Waals surface area (Å²) in [6, 6.07) is 8.24. The maximum absolute atomic E-state index is 12.4. The van der Waals surface area contributed by atoms with Crippen molar-refractivity contribution < 1.29 is 0 Å². The van der Waals surface area contributed by atoms with E-state index in [4.69, 9.17) is 0 Å². The molecule has 0 amide bonds. The van der Waals surface area contributed by atoms with E-state index in [0.717, 1.165) is 35.1 Å².